The van der Waals surface area contributed by atoms with E-state index in [1.54, 1.807) is 12.1 Å². The lowest BCUT2D eigenvalue weighted by Crippen LogP contribution is -2.08. The highest BCUT2D eigenvalue weighted by Crippen LogP contribution is 2.32. The lowest BCUT2D eigenvalue weighted by Gasteiger charge is -2.06. The van der Waals surface area contributed by atoms with E-state index in [0.29, 0.717) is 20.8 Å². The molecule has 0 aliphatic rings. The molecular formula is C6H6Cl4N2O4S. The summed E-state index contributed by atoms with van der Waals surface area (Å²) < 4.78 is 31.6. The van der Waals surface area contributed by atoms with Gasteiger partial charge in [0.25, 0.3) is 0 Å². The first kappa shape index (κ1) is 17.0. The molecule has 17 heavy (non-hydrogen) atoms. The van der Waals surface area contributed by atoms with Crippen LogP contribution in [0, 0.1) is 0 Å². The van der Waals surface area contributed by atoms with Gasteiger partial charge in [0.15, 0.2) is 0 Å². The van der Waals surface area contributed by atoms with E-state index in [2.05, 4.69) is 10.4 Å². The molecule has 0 fully saturated rings. The second-order valence-corrected chi connectivity index (χ2v) is 4.72. The normalized spacial score (nSPS) is 10.5. The van der Waals surface area contributed by atoms with Crippen LogP contribution in [0.5, 0.6) is 0 Å². The van der Waals surface area contributed by atoms with Gasteiger partial charge in [-0.15, -0.1) is 4.94 Å². The van der Waals surface area contributed by atoms with Crippen molar-refractivity contribution in [2.24, 2.45) is 0 Å². The Morgan fingerprint density at radius 1 is 1.12 bits per heavy atom. The van der Waals surface area contributed by atoms with Crippen LogP contribution in [0.4, 0.5) is 5.69 Å². The largest absolute Gasteiger partial charge is 0.394 e. The van der Waals surface area contributed by atoms with Gasteiger partial charge in [-0.25, -0.2) is 0 Å². The van der Waals surface area contributed by atoms with Crippen molar-refractivity contribution in [1.29, 1.82) is 0 Å². The van der Waals surface area contributed by atoms with E-state index in [0.717, 1.165) is 0 Å². The summed E-state index contributed by atoms with van der Waals surface area (Å²) in [5.74, 6) is 0. The molecule has 0 aliphatic heterocycles. The second-order valence-electron chi connectivity index (χ2n) is 2.42. The zero-order valence-electron chi connectivity index (χ0n) is 7.79. The van der Waals surface area contributed by atoms with Crippen LogP contribution in [0.1, 0.15) is 0 Å². The second kappa shape index (κ2) is 7.45. The number of benzene rings is 1. The van der Waals surface area contributed by atoms with E-state index >= 15 is 0 Å². The molecule has 6 nitrogen and oxygen atoms in total. The Morgan fingerprint density at radius 2 is 1.59 bits per heavy atom. The number of hydrazine groups is 1. The Hall–Kier alpha value is 0.01000. The van der Waals surface area contributed by atoms with E-state index in [1.165, 1.54) is 0 Å². The maximum absolute atomic E-state index is 8.74. The minimum absolute atomic E-state index is 0.370. The summed E-state index contributed by atoms with van der Waals surface area (Å²) >= 11 is 22.4. The predicted molar refractivity (Wildman–Crippen MR) is 68.3 cm³/mol. The van der Waals surface area contributed by atoms with Gasteiger partial charge in [0.05, 0.1) is 15.7 Å². The number of rotatable bonds is 2. The number of nitrogens with one attached hydrogen (secondary N) is 2. The monoisotopic (exact) mass is 342 g/mol. The van der Waals surface area contributed by atoms with Gasteiger partial charge in [-0.2, -0.15) is 8.42 Å². The van der Waals surface area contributed by atoms with E-state index in [4.69, 9.17) is 64.1 Å². The van der Waals surface area contributed by atoms with Crippen LogP contribution in [0.2, 0.25) is 15.1 Å². The molecule has 0 aliphatic carbocycles. The molecule has 0 heterocycles. The van der Waals surface area contributed by atoms with Crippen LogP contribution in [-0.4, -0.2) is 17.5 Å². The molecular weight excluding hydrogens is 338 g/mol. The van der Waals surface area contributed by atoms with Crippen molar-refractivity contribution >= 4 is 62.7 Å². The van der Waals surface area contributed by atoms with E-state index < -0.39 is 10.4 Å². The molecule has 0 unspecified atom stereocenters. The van der Waals surface area contributed by atoms with Crippen LogP contribution in [0.25, 0.3) is 0 Å². The van der Waals surface area contributed by atoms with Crippen LogP contribution in [-0.2, 0) is 10.4 Å². The minimum atomic E-state index is -4.67. The van der Waals surface area contributed by atoms with Gasteiger partial charge in [0.1, 0.15) is 0 Å². The highest BCUT2D eigenvalue weighted by molar-refractivity contribution is 7.79. The zero-order chi connectivity index (χ0) is 13.6. The first-order valence-electron chi connectivity index (χ1n) is 3.61. The van der Waals surface area contributed by atoms with Crippen molar-refractivity contribution in [3.8, 4) is 0 Å². The third-order valence-electron chi connectivity index (χ3n) is 1.17. The Labute approximate surface area is 117 Å². The molecule has 0 amide bonds. The molecule has 0 saturated carbocycles. The Balaban J connectivity index is 0.000000437. The summed E-state index contributed by atoms with van der Waals surface area (Å²) in [6, 6.07) is 3.15. The van der Waals surface area contributed by atoms with Crippen molar-refractivity contribution in [2.75, 3.05) is 5.43 Å². The molecule has 0 aromatic heterocycles. The highest BCUT2D eigenvalue weighted by atomic mass is 35.5. The average molecular weight is 344 g/mol. The first-order chi connectivity index (χ1) is 7.65. The van der Waals surface area contributed by atoms with Gasteiger partial charge >= 0.3 is 10.4 Å². The van der Waals surface area contributed by atoms with Crippen molar-refractivity contribution < 1.29 is 17.5 Å². The SMILES string of the molecule is ClNNc1cc(Cl)cc(Cl)c1Cl.O=S(=O)(O)O. The molecule has 98 valence electrons. The third-order valence-corrected chi connectivity index (χ3v) is 2.29. The molecule has 11 heteroatoms. The molecule has 0 atom stereocenters. The average Bonchev–Trinajstić information content (AvgIpc) is 2.11. The fourth-order valence-electron chi connectivity index (χ4n) is 0.698. The zero-order valence-corrected chi connectivity index (χ0v) is 11.6. The predicted octanol–water partition coefficient (Wildman–Crippen LogP) is 3.06. The van der Waals surface area contributed by atoms with E-state index in [9.17, 15) is 0 Å². The minimum Gasteiger partial charge on any atom is -0.306 e. The summed E-state index contributed by atoms with van der Waals surface area (Å²) in [4.78, 5) is 2.20. The van der Waals surface area contributed by atoms with Crippen LogP contribution in [0.3, 0.4) is 0 Å². The standard InChI is InChI=1S/C6H4Cl4N2.H2O4S/c7-3-1-4(8)6(9)5(2-3)11-12-10;1-5(2,3)4/h1-2,11-12H;(H2,1,2,3,4). The topological polar surface area (TPSA) is 98.7 Å². The fourth-order valence-corrected chi connectivity index (χ4v) is 1.45. The molecule has 0 saturated heterocycles. The molecule has 0 radical (unpaired) electrons. The molecule has 1 aromatic rings. The maximum atomic E-state index is 8.74. The van der Waals surface area contributed by atoms with E-state index in [-0.39, 0.29) is 0 Å². The number of hydrogen-bond acceptors (Lipinski definition) is 4. The number of anilines is 1. The lowest BCUT2D eigenvalue weighted by atomic mass is 10.3. The van der Waals surface area contributed by atoms with Gasteiger partial charge in [0, 0.05) is 5.02 Å². The van der Waals surface area contributed by atoms with Gasteiger partial charge in [-0.1, -0.05) is 34.8 Å². The Morgan fingerprint density at radius 3 is 2.00 bits per heavy atom. The van der Waals surface area contributed by atoms with Crippen molar-refractivity contribution in [1.82, 2.24) is 4.94 Å². The van der Waals surface area contributed by atoms with Crippen LogP contribution < -0.4 is 10.4 Å². The Bertz CT molecular complexity index is 473. The van der Waals surface area contributed by atoms with Gasteiger partial charge in [-0.05, 0) is 23.9 Å². The third kappa shape index (κ3) is 8.70. The van der Waals surface area contributed by atoms with Gasteiger partial charge in [0.2, 0.25) is 0 Å². The summed E-state index contributed by atoms with van der Waals surface area (Å²) in [7, 11) is -4.67. The van der Waals surface area contributed by atoms with Crippen molar-refractivity contribution in [3.63, 3.8) is 0 Å². The van der Waals surface area contributed by atoms with Crippen LogP contribution >= 0.6 is 46.6 Å². The van der Waals surface area contributed by atoms with Gasteiger partial charge in [-0.3, -0.25) is 9.11 Å². The summed E-state index contributed by atoms with van der Waals surface area (Å²) in [6.07, 6.45) is 0. The summed E-state index contributed by atoms with van der Waals surface area (Å²) in [5.41, 5.74) is 3.10. The van der Waals surface area contributed by atoms with Crippen LogP contribution in [0.15, 0.2) is 12.1 Å². The van der Waals surface area contributed by atoms with Crippen molar-refractivity contribution in [2.45, 2.75) is 0 Å². The van der Waals surface area contributed by atoms with E-state index in [1.807, 2.05) is 0 Å². The van der Waals surface area contributed by atoms with Gasteiger partial charge < -0.3 is 5.43 Å². The molecule has 1 aromatic carbocycles. The molecule has 0 spiro atoms. The smallest absolute Gasteiger partial charge is 0.306 e. The van der Waals surface area contributed by atoms with Crippen molar-refractivity contribution in [3.05, 3.63) is 27.2 Å². The summed E-state index contributed by atoms with van der Waals surface area (Å²) in [6.45, 7) is 0. The Kier molecular flexibility index (Phi) is 7.45. The number of hydrogen-bond donors (Lipinski definition) is 4. The fraction of sp³-hybridized carbons (Fsp3) is 0. The lowest BCUT2D eigenvalue weighted by molar-refractivity contribution is 0.381. The molecule has 1 rings (SSSR count). The first-order valence-corrected chi connectivity index (χ1v) is 6.52. The molecule has 4 N–H and O–H groups in total. The quantitative estimate of drug-likeness (QED) is 0.285. The summed E-state index contributed by atoms with van der Waals surface area (Å²) in [5, 5.41) is 1.23. The number of halogens is 4. The molecule has 0 bridgehead atoms. The highest BCUT2D eigenvalue weighted by Gasteiger charge is 2.05. The maximum Gasteiger partial charge on any atom is 0.394 e.